The number of amides is 1. The molecule has 0 bridgehead atoms. The van der Waals surface area contributed by atoms with E-state index in [9.17, 15) is 9.59 Å². The molecule has 1 atom stereocenters. The summed E-state index contributed by atoms with van der Waals surface area (Å²) >= 11 is 0. The molecule has 1 aliphatic rings. The number of hydrogen-bond acceptors (Lipinski definition) is 6. The van der Waals surface area contributed by atoms with E-state index >= 15 is 0 Å². The highest BCUT2D eigenvalue weighted by Crippen LogP contribution is 2.23. The van der Waals surface area contributed by atoms with Crippen molar-refractivity contribution in [3.8, 4) is 11.3 Å². The maximum atomic E-state index is 12.2. The fourth-order valence-corrected chi connectivity index (χ4v) is 3.63. The van der Waals surface area contributed by atoms with Gasteiger partial charge in [0.05, 0.1) is 7.11 Å². The van der Waals surface area contributed by atoms with Crippen molar-refractivity contribution < 1.29 is 23.9 Å². The van der Waals surface area contributed by atoms with Gasteiger partial charge in [0.25, 0.3) is 5.91 Å². The van der Waals surface area contributed by atoms with E-state index in [1.54, 1.807) is 6.08 Å². The number of rotatable bonds is 8. The zero-order chi connectivity index (χ0) is 23.8. The molecule has 2 heterocycles. The van der Waals surface area contributed by atoms with Gasteiger partial charge in [-0.1, -0.05) is 54.6 Å². The van der Waals surface area contributed by atoms with Crippen molar-refractivity contribution >= 4 is 18.0 Å². The molecule has 0 saturated carbocycles. The number of carbonyl (C=O) groups excluding carboxylic acids is 2. The normalized spacial score (nSPS) is 15.9. The zero-order valence-electron chi connectivity index (χ0n) is 19.0. The summed E-state index contributed by atoms with van der Waals surface area (Å²) in [6.07, 6.45) is 6.07. The number of aromatic nitrogens is 2. The largest absolute Gasteiger partial charge is 0.464 e. The van der Waals surface area contributed by atoms with Crippen LogP contribution in [0, 0.1) is 0 Å². The molecule has 3 aromatic rings. The van der Waals surface area contributed by atoms with Gasteiger partial charge >= 0.3 is 5.97 Å². The predicted molar refractivity (Wildman–Crippen MR) is 126 cm³/mol. The third-order valence-electron chi connectivity index (χ3n) is 5.40. The van der Waals surface area contributed by atoms with Crippen molar-refractivity contribution in [2.45, 2.75) is 32.0 Å². The van der Waals surface area contributed by atoms with Crippen molar-refractivity contribution in [1.82, 2.24) is 15.4 Å². The molecule has 34 heavy (non-hydrogen) atoms. The predicted octanol–water partition coefficient (Wildman–Crippen LogP) is 4.04. The van der Waals surface area contributed by atoms with Crippen LogP contribution in [-0.4, -0.2) is 41.9 Å². The Kier molecular flexibility index (Phi) is 7.85. The molecule has 1 fully saturated rings. The fraction of sp³-hybridized carbons (Fsp3) is 0.269. The number of hydrogen-bond donors (Lipinski definition) is 2. The third kappa shape index (κ3) is 6.18. The summed E-state index contributed by atoms with van der Waals surface area (Å²) in [5, 5.41) is 0. The molecule has 1 amide bonds. The van der Waals surface area contributed by atoms with Gasteiger partial charge in [0, 0.05) is 31.1 Å². The highest BCUT2D eigenvalue weighted by atomic mass is 16.8. The molecule has 1 aliphatic heterocycles. The van der Waals surface area contributed by atoms with E-state index < -0.39 is 5.97 Å². The van der Waals surface area contributed by atoms with Gasteiger partial charge in [-0.3, -0.25) is 4.79 Å². The quantitative estimate of drug-likeness (QED) is 0.298. The van der Waals surface area contributed by atoms with Crippen LogP contribution in [0.4, 0.5) is 0 Å². The average Bonchev–Trinajstić information content (AvgIpc) is 3.31. The number of ether oxygens (including phenoxy) is 2. The highest BCUT2D eigenvalue weighted by Gasteiger charge is 2.19. The number of H-pyrrole nitrogens is 1. The number of benzene rings is 2. The van der Waals surface area contributed by atoms with Crippen LogP contribution in [0.3, 0.4) is 0 Å². The van der Waals surface area contributed by atoms with Crippen LogP contribution in [0.15, 0.2) is 60.7 Å². The minimum absolute atomic E-state index is 0.329. The second kappa shape index (κ2) is 11.4. The molecule has 0 aliphatic carbocycles. The van der Waals surface area contributed by atoms with E-state index in [0.29, 0.717) is 30.2 Å². The molecule has 0 radical (unpaired) electrons. The SMILES string of the molecule is COC(=O)c1[nH]c(Cc2ccc(C=CC(=O)NOC3CCCCO3)cc2)nc1-c1ccccc1. The standard InChI is InChI=1S/C26H27N3O5/c1-32-26(31)25-24(20-7-3-2-4-8-20)27-21(28-25)17-19-12-10-18(11-13-19)14-15-22(30)29-34-23-9-5-6-16-33-23/h2-4,7-8,10-15,23H,5-6,9,16-17H2,1H3,(H,27,28)(H,29,30). The number of methoxy groups -OCH3 is 1. The summed E-state index contributed by atoms with van der Waals surface area (Å²) < 4.78 is 10.3. The minimum Gasteiger partial charge on any atom is -0.464 e. The van der Waals surface area contributed by atoms with E-state index in [0.717, 1.165) is 36.0 Å². The third-order valence-corrected chi connectivity index (χ3v) is 5.40. The Morgan fingerprint density at radius 3 is 2.65 bits per heavy atom. The maximum absolute atomic E-state index is 12.2. The molecule has 2 N–H and O–H groups in total. The van der Waals surface area contributed by atoms with Crippen LogP contribution in [-0.2, 0) is 25.5 Å². The smallest absolute Gasteiger partial charge is 0.356 e. The van der Waals surface area contributed by atoms with Crippen LogP contribution in [0.2, 0.25) is 0 Å². The van der Waals surface area contributed by atoms with Crippen molar-refractivity contribution in [2.24, 2.45) is 0 Å². The Morgan fingerprint density at radius 1 is 1.15 bits per heavy atom. The van der Waals surface area contributed by atoms with Crippen LogP contribution in [0.5, 0.6) is 0 Å². The van der Waals surface area contributed by atoms with Crippen molar-refractivity contribution in [1.29, 1.82) is 0 Å². The van der Waals surface area contributed by atoms with Crippen molar-refractivity contribution in [3.05, 3.63) is 83.3 Å². The Hall–Kier alpha value is -3.75. The van der Waals surface area contributed by atoms with Crippen LogP contribution < -0.4 is 5.48 Å². The van der Waals surface area contributed by atoms with Crippen LogP contribution in [0.1, 0.15) is 46.7 Å². The molecule has 8 heteroatoms. The number of carbonyl (C=O) groups is 2. The van der Waals surface area contributed by atoms with E-state index in [2.05, 4.69) is 15.4 Å². The summed E-state index contributed by atoms with van der Waals surface area (Å²) in [4.78, 5) is 37.2. The lowest BCUT2D eigenvalue weighted by atomic mass is 10.1. The number of nitrogens with zero attached hydrogens (tertiary/aromatic N) is 1. The van der Waals surface area contributed by atoms with Crippen LogP contribution in [0.25, 0.3) is 17.3 Å². The zero-order valence-corrected chi connectivity index (χ0v) is 19.0. The maximum Gasteiger partial charge on any atom is 0.356 e. The van der Waals surface area contributed by atoms with E-state index in [4.69, 9.17) is 14.3 Å². The topological polar surface area (TPSA) is 103 Å². The summed E-state index contributed by atoms with van der Waals surface area (Å²) in [6, 6.07) is 17.2. The first-order valence-corrected chi connectivity index (χ1v) is 11.2. The first-order chi connectivity index (χ1) is 16.6. The molecule has 176 valence electrons. The number of imidazole rings is 1. The highest BCUT2D eigenvalue weighted by molar-refractivity contribution is 5.94. The van der Waals surface area contributed by atoms with Gasteiger partial charge in [0.1, 0.15) is 11.5 Å². The fourth-order valence-electron chi connectivity index (χ4n) is 3.63. The second-order valence-electron chi connectivity index (χ2n) is 7.90. The first-order valence-electron chi connectivity index (χ1n) is 11.2. The summed E-state index contributed by atoms with van der Waals surface area (Å²) in [6.45, 7) is 0.651. The lowest BCUT2D eigenvalue weighted by molar-refractivity contribution is -0.198. The Labute approximate surface area is 197 Å². The number of hydroxylamine groups is 1. The van der Waals surface area contributed by atoms with Gasteiger partial charge in [-0.25, -0.2) is 20.1 Å². The molecule has 0 spiro atoms. The minimum atomic E-state index is -0.463. The molecule has 1 aromatic heterocycles. The lowest BCUT2D eigenvalue weighted by Crippen LogP contribution is -2.32. The van der Waals surface area contributed by atoms with Gasteiger partial charge in [-0.2, -0.15) is 0 Å². The number of esters is 1. The van der Waals surface area contributed by atoms with Gasteiger partial charge < -0.3 is 14.5 Å². The molecular formula is C26H27N3O5. The monoisotopic (exact) mass is 461 g/mol. The molecular weight excluding hydrogens is 434 g/mol. The van der Waals surface area contributed by atoms with E-state index in [-0.39, 0.29) is 12.2 Å². The van der Waals surface area contributed by atoms with Gasteiger partial charge in [-0.05, 0) is 30.0 Å². The van der Waals surface area contributed by atoms with Gasteiger partial charge in [0.15, 0.2) is 12.0 Å². The van der Waals surface area contributed by atoms with Crippen molar-refractivity contribution in [2.75, 3.05) is 13.7 Å². The molecule has 8 nitrogen and oxygen atoms in total. The summed E-state index contributed by atoms with van der Waals surface area (Å²) in [5.74, 6) is -0.156. The second-order valence-corrected chi connectivity index (χ2v) is 7.90. The van der Waals surface area contributed by atoms with Gasteiger partial charge in [-0.15, -0.1) is 0 Å². The summed E-state index contributed by atoms with van der Waals surface area (Å²) in [7, 11) is 1.35. The Morgan fingerprint density at radius 2 is 1.94 bits per heavy atom. The molecule has 1 unspecified atom stereocenters. The first kappa shape index (κ1) is 23.4. The molecule has 4 rings (SSSR count). The lowest BCUT2D eigenvalue weighted by Gasteiger charge is -2.21. The molecule has 1 saturated heterocycles. The average molecular weight is 462 g/mol. The van der Waals surface area contributed by atoms with Crippen LogP contribution >= 0.6 is 0 Å². The molecule has 2 aromatic carbocycles. The van der Waals surface area contributed by atoms with Gasteiger partial charge in [0.2, 0.25) is 0 Å². The Balaban J connectivity index is 1.37. The summed E-state index contributed by atoms with van der Waals surface area (Å²) in [5.41, 5.74) is 6.00. The number of aromatic amines is 1. The Bertz CT molecular complexity index is 1130. The van der Waals surface area contributed by atoms with E-state index in [1.807, 2.05) is 54.6 Å². The number of nitrogens with one attached hydrogen (secondary N) is 2. The van der Waals surface area contributed by atoms with Crippen molar-refractivity contribution in [3.63, 3.8) is 0 Å². The van der Waals surface area contributed by atoms with E-state index in [1.165, 1.54) is 13.2 Å².